The van der Waals surface area contributed by atoms with Crippen molar-refractivity contribution in [3.8, 4) is 0 Å². The van der Waals surface area contributed by atoms with Crippen LogP contribution in [-0.2, 0) is 17.8 Å². The van der Waals surface area contributed by atoms with Crippen molar-refractivity contribution in [2.45, 2.75) is 26.3 Å². The molecule has 0 saturated carbocycles. The Morgan fingerprint density at radius 2 is 2.16 bits per heavy atom. The highest BCUT2D eigenvalue weighted by molar-refractivity contribution is 8.13. The molecule has 0 aliphatic rings. The summed E-state index contributed by atoms with van der Waals surface area (Å²) in [4.78, 5) is 17.3. The second-order valence-corrected chi connectivity index (χ2v) is 6.29. The third-order valence-electron chi connectivity index (χ3n) is 2.79. The Morgan fingerprint density at radius 3 is 2.84 bits per heavy atom. The molecule has 0 radical (unpaired) electrons. The molecule has 3 nitrogen and oxygen atoms in total. The predicted molar refractivity (Wildman–Crippen MR) is 79.3 cm³/mol. The lowest BCUT2D eigenvalue weighted by Gasteiger charge is -1.99. The van der Waals surface area contributed by atoms with Gasteiger partial charge < -0.3 is 0 Å². The second kappa shape index (κ2) is 7.40. The zero-order chi connectivity index (χ0) is 13.5. The van der Waals surface area contributed by atoms with E-state index in [1.807, 2.05) is 47.6 Å². The highest BCUT2D eigenvalue weighted by Crippen LogP contribution is 2.16. The summed E-state index contributed by atoms with van der Waals surface area (Å²) in [7, 11) is 0. The van der Waals surface area contributed by atoms with Crippen molar-refractivity contribution in [2.75, 3.05) is 5.75 Å². The van der Waals surface area contributed by atoms with E-state index in [0.29, 0.717) is 6.42 Å². The average Bonchev–Trinajstić information content (AvgIpc) is 2.83. The minimum atomic E-state index is 0.263. The minimum absolute atomic E-state index is 0.263. The Kier molecular flexibility index (Phi) is 5.54. The summed E-state index contributed by atoms with van der Waals surface area (Å²) in [6.07, 6.45) is 5.49. The van der Waals surface area contributed by atoms with Gasteiger partial charge >= 0.3 is 0 Å². The molecule has 0 aromatic carbocycles. The lowest BCUT2D eigenvalue weighted by atomic mass is 10.3. The molecule has 100 valence electrons. The van der Waals surface area contributed by atoms with Gasteiger partial charge in [0.1, 0.15) is 0 Å². The normalized spacial score (nSPS) is 10.6. The van der Waals surface area contributed by atoms with Gasteiger partial charge in [-0.3, -0.25) is 4.79 Å². The molecular formula is C14H17N2OS2+. The quantitative estimate of drug-likeness (QED) is 0.768. The van der Waals surface area contributed by atoms with E-state index >= 15 is 0 Å². The van der Waals surface area contributed by atoms with Crippen LogP contribution in [0.15, 0.2) is 36.1 Å². The molecule has 0 aliphatic heterocycles. The van der Waals surface area contributed by atoms with Gasteiger partial charge in [-0.25, -0.2) is 9.55 Å². The molecule has 0 spiro atoms. The molecule has 5 heteroatoms. The standard InChI is InChI=1S/C14H17N2OS2/c1-12-13(19-11-15-12)6-10-18-14(17)5-9-16-7-3-2-4-8-16/h2-4,7-8,11H,5-6,9-10H2,1H3/q+1. The van der Waals surface area contributed by atoms with Crippen molar-refractivity contribution in [1.82, 2.24) is 4.98 Å². The second-order valence-electron chi connectivity index (χ2n) is 4.19. The molecule has 2 aromatic rings. The summed E-state index contributed by atoms with van der Waals surface area (Å²) in [6.45, 7) is 2.77. The Hall–Kier alpha value is -1.20. The Bertz CT molecular complexity index is 525. The highest BCUT2D eigenvalue weighted by Gasteiger charge is 2.08. The van der Waals surface area contributed by atoms with Crippen LogP contribution in [0.25, 0.3) is 0 Å². The fourth-order valence-corrected chi connectivity index (χ4v) is 3.38. The number of rotatable bonds is 6. The number of thiazole rings is 1. The molecule has 0 amide bonds. The molecule has 0 aliphatic carbocycles. The molecule has 2 heterocycles. The van der Waals surface area contributed by atoms with Crippen molar-refractivity contribution in [1.29, 1.82) is 0 Å². The van der Waals surface area contributed by atoms with E-state index in [-0.39, 0.29) is 5.12 Å². The van der Waals surface area contributed by atoms with Crippen LogP contribution in [0.4, 0.5) is 0 Å². The van der Waals surface area contributed by atoms with E-state index in [1.54, 1.807) is 11.3 Å². The van der Waals surface area contributed by atoms with Gasteiger partial charge in [0, 0.05) is 22.8 Å². The van der Waals surface area contributed by atoms with Crippen molar-refractivity contribution in [3.05, 3.63) is 46.7 Å². The third kappa shape index (κ3) is 4.76. The molecule has 0 N–H and O–H groups in total. The zero-order valence-electron chi connectivity index (χ0n) is 10.9. The maximum absolute atomic E-state index is 11.8. The van der Waals surface area contributed by atoms with Crippen LogP contribution in [0.5, 0.6) is 0 Å². The van der Waals surface area contributed by atoms with Gasteiger partial charge in [0.25, 0.3) is 0 Å². The summed E-state index contributed by atoms with van der Waals surface area (Å²) in [5.74, 6) is 0.849. The fourth-order valence-electron chi connectivity index (χ4n) is 1.70. The average molecular weight is 293 g/mol. The topological polar surface area (TPSA) is 33.8 Å². The first-order chi connectivity index (χ1) is 9.25. The number of aryl methyl sites for hydroxylation is 3. The van der Waals surface area contributed by atoms with Crippen LogP contribution in [0.2, 0.25) is 0 Å². The Morgan fingerprint density at radius 1 is 1.37 bits per heavy atom. The molecule has 0 saturated heterocycles. The van der Waals surface area contributed by atoms with Gasteiger partial charge in [0.15, 0.2) is 24.1 Å². The third-order valence-corrected chi connectivity index (χ3v) is 4.72. The lowest BCUT2D eigenvalue weighted by molar-refractivity contribution is -0.695. The minimum Gasteiger partial charge on any atom is -0.287 e. The van der Waals surface area contributed by atoms with Gasteiger partial charge in [0.05, 0.1) is 17.6 Å². The van der Waals surface area contributed by atoms with E-state index in [9.17, 15) is 4.79 Å². The van der Waals surface area contributed by atoms with E-state index in [0.717, 1.165) is 24.4 Å². The van der Waals surface area contributed by atoms with E-state index < -0.39 is 0 Å². The van der Waals surface area contributed by atoms with Crippen LogP contribution in [0.1, 0.15) is 17.0 Å². The SMILES string of the molecule is Cc1ncsc1CCSC(=O)CC[n+]1ccccc1. The van der Waals surface area contributed by atoms with Crippen molar-refractivity contribution < 1.29 is 9.36 Å². The van der Waals surface area contributed by atoms with Crippen molar-refractivity contribution in [3.63, 3.8) is 0 Å². The molecule has 0 bridgehead atoms. The van der Waals surface area contributed by atoms with Crippen LogP contribution >= 0.6 is 23.1 Å². The monoisotopic (exact) mass is 293 g/mol. The summed E-state index contributed by atoms with van der Waals surface area (Å²) < 4.78 is 2.03. The van der Waals surface area contributed by atoms with E-state index in [4.69, 9.17) is 0 Å². The van der Waals surface area contributed by atoms with Crippen LogP contribution in [-0.4, -0.2) is 15.9 Å². The molecule has 2 aromatic heterocycles. The number of hydrogen-bond donors (Lipinski definition) is 0. The van der Waals surface area contributed by atoms with Gasteiger partial charge in [-0.1, -0.05) is 17.8 Å². The first-order valence-electron chi connectivity index (χ1n) is 6.24. The highest BCUT2D eigenvalue weighted by atomic mass is 32.2. The number of nitrogens with zero attached hydrogens (tertiary/aromatic N) is 2. The molecule has 19 heavy (non-hydrogen) atoms. The maximum atomic E-state index is 11.8. The van der Waals surface area contributed by atoms with E-state index in [1.165, 1.54) is 16.6 Å². The molecule has 0 fully saturated rings. The summed E-state index contributed by atoms with van der Waals surface area (Å²) >= 11 is 3.10. The zero-order valence-corrected chi connectivity index (χ0v) is 12.5. The van der Waals surface area contributed by atoms with E-state index in [2.05, 4.69) is 4.98 Å². The molecule has 0 unspecified atom stereocenters. The van der Waals surface area contributed by atoms with Gasteiger partial charge in [-0.2, -0.15) is 0 Å². The van der Waals surface area contributed by atoms with Gasteiger partial charge in [0.2, 0.25) is 0 Å². The smallest absolute Gasteiger partial charge is 0.195 e. The first kappa shape index (κ1) is 14.2. The number of carbonyl (C=O) groups is 1. The fraction of sp³-hybridized carbons (Fsp3) is 0.357. The Balaban J connectivity index is 1.66. The number of aromatic nitrogens is 2. The summed E-state index contributed by atoms with van der Waals surface area (Å²) in [5, 5.41) is 0.263. The number of carbonyl (C=O) groups excluding carboxylic acids is 1. The number of thioether (sulfide) groups is 1. The van der Waals surface area contributed by atoms with Gasteiger partial charge in [-0.15, -0.1) is 11.3 Å². The Labute approximate surface area is 121 Å². The van der Waals surface area contributed by atoms with Crippen molar-refractivity contribution >= 4 is 28.2 Å². The summed E-state index contributed by atoms with van der Waals surface area (Å²) in [6, 6.07) is 5.93. The number of pyridine rings is 1. The van der Waals surface area contributed by atoms with Crippen LogP contribution < -0.4 is 4.57 Å². The van der Waals surface area contributed by atoms with Crippen LogP contribution in [0, 0.1) is 6.92 Å². The molecule has 0 atom stereocenters. The predicted octanol–water partition coefficient (Wildman–Crippen LogP) is 2.63. The first-order valence-corrected chi connectivity index (χ1v) is 8.11. The molecular weight excluding hydrogens is 276 g/mol. The summed E-state index contributed by atoms with van der Waals surface area (Å²) in [5.41, 5.74) is 2.96. The largest absolute Gasteiger partial charge is 0.287 e. The van der Waals surface area contributed by atoms with Crippen LogP contribution in [0.3, 0.4) is 0 Å². The molecule has 2 rings (SSSR count). The maximum Gasteiger partial charge on any atom is 0.195 e. The lowest BCUT2D eigenvalue weighted by Crippen LogP contribution is -2.33. The van der Waals surface area contributed by atoms with Gasteiger partial charge in [-0.05, 0) is 13.3 Å². The number of hydrogen-bond acceptors (Lipinski definition) is 4. The van der Waals surface area contributed by atoms with Crippen molar-refractivity contribution in [2.24, 2.45) is 0 Å².